The van der Waals surface area contributed by atoms with Gasteiger partial charge in [-0.25, -0.2) is 10.2 Å². The average molecular weight is 468 g/mol. The second kappa shape index (κ2) is 10.5. The van der Waals surface area contributed by atoms with Gasteiger partial charge in [-0.05, 0) is 80.1 Å². The van der Waals surface area contributed by atoms with Gasteiger partial charge >= 0.3 is 5.97 Å². The zero-order valence-electron chi connectivity index (χ0n) is 19.4. The number of carbonyl (C=O) groups excluding carboxylic acids is 1. The third kappa shape index (κ3) is 5.65. The van der Waals surface area contributed by atoms with Crippen LogP contribution in [0.1, 0.15) is 43.2 Å². The van der Waals surface area contributed by atoms with Crippen LogP contribution in [0, 0.1) is 13.8 Å². The van der Waals surface area contributed by atoms with Gasteiger partial charge in [0.05, 0.1) is 11.8 Å². The van der Waals surface area contributed by atoms with E-state index in [0.29, 0.717) is 16.9 Å². The minimum Gasteiger partial charge on any atom is -0.488 e. The molecule has 1 amide bonds. The summed E-state index contributed by atoms with van der Waals surface area (Å²) in [6, 6.07) is 25.3. The summed E-state index contributed by atoms with van der Waals surface area (Å²) < 4.78 is 8.00. The Morgan fingerprint density at radius 2 is 1.51 bits per heavy atom. The number of hydrazone groups is 1. The maximum Gasteiger partial charge on any atom is 0.335 e. The lowest BCUT2D eigenvalue weighted by atomic mass is 10.1. The lowest BCUT2D eigenvalue weighted by Crippen LogP contribution is -2.17. The number of amides is 1. The van der Waals surface area contributed by atoms with Gasteiger partial charge in [0.2, 0.25) is 0 Å². The maximum atomic E-state index is 12.5. The predicted octanol–water partition coefficient (Wildman–Crippen LogP) is 5.14. The van der Waals surface area contributed by atoms with Crippen LogP contribution in [0.25, 0.3) is 5.69 Å². The molecule has 0 saturated heterocycles. The highest BCUT2D eigenvalue weighted by Gasteiger charge is 2.08. The van der Waals surface area contributed by atoms with E-state index >= 15 is 0 Å². The number of aryl methyl sites for hydroxylation is 2. The topological polar surface area (TPSA) is 92.9 Å². The maximum absolute atomic E-state index is 12.5. The number of rotatable bonds is 8. The van der Waals surface area contributed by atoms with Crippen molar-refractivity contribution < 1.29 is 19.4 Å². The van der Waals surface area contributed by atoms with Crippen LogP contribution in [-0.4, -0.2) is 27.8 Å². The summed E-state index contributed by atoms with van der Waals surface area (Å²) in [6.07, 6.45) is 1.53. The highest BCUT2D eigenvalue weighted by atomic mass is 16.5. The van der Waals surface area contributed by atoms with E-state index in [4.69, 9.17) is 9.84 Å². The van der Waals surface area contributed by atoms with Crippen LogP contribution in [0.2, 0.25) is 0 Å². The molecule has 0 fully saturated rings. The lowest BCUT2D eigenvalue weighted by molar-refractivity contribution is 0.0696. The Morgan fingerprint density at radius 3 is 2.17 bits per heavy atom. The van der Waals surface area contributed by atoms with Gasteiger partial charge in [-0.3, -0.25) is 4.79 Å². The molecule has 0 aliphatic carbocycles. The van der Waals surface area contributed by atoms with Gasteiger partial charge in [-0.15, -0.1) is 0 Å². The van der Waals surface area contributed by atoms with E-state index in [1.807, 2.05) is 44.2 Å². The number of carbonyl (C=O) groups is 2. The van der Waals surface area contributed by atoms with Gasteiger partial charge in [0.1, 0.15) is 12.4 Å². The van der Waals surface area contributed by atoms with Crippen molar-refractivity contribution >= 4 is 18.1 Å². The largest absolute Gasteiger partial charge is 0.488 e. The molecule has 35 heavy (non-hydrogen) atoms. The number of para-hydroxylation sites is 1. The zero-order valence-corrected chi connectivity index (χ0v) is 19.4. The summed E-state index contributed by atoms with van der Waals surface area (Å²) in [7, 11) is 0. The second-order valence-corrected chi connectivity index (χ2v) is 8.03. The summed E-state index contributed by atoms with van der Waals surface area (Å²) in [5, 5.41) is 13.1. The quantitative estimate of drug-likeness (QED) is 0.277. The number of nitrogens with zero attached hydrogens (tertiary/aromatic N) is 2. The Labute approximate surface area is 203 Å². The molecule has 0 radical (unpaired) electrons. The number of ether oxygens (including phenoxy) is 1. The Hall–Kier alpha value is -4.65. The molecule has 2 N–H and O–H groups in total. The van der Waals surface area contributed by atoms with Crippen LogP contribution < -0.4 is 10.2 Å². The number of carboxylic acids is 1. The second-order valence-electron chi connectivity index (χ2n) is 8.03. The minimum absolute atomic E-state index is 0.224. The molecule has 7 nitrogen and oxygen atoms in total. The standard InChI is InChI=1S/C28H25N3O4/c1-19-7-8-20(2)31(19)25-15-13-22(14-16-25)27(32)30-29-17-24-5-3-4-6-26(24)35-18-21-9-11-23(12-10-21)28(33)34/h3-17H,18H2,1-2H3,(H,30,32)(H,33,34)/b29-17-. The van der Waals surface area contributed by atoms with Crippen molar-refractivity contribution in [3.8, 4) is 11.4 Å². The van der Waals surface area contributed by atoms with E-state index in [2.05, 4.69) is 27.2 Å². The number of nitrogens with one attached hydrogen (secondary N) is 1. The molecular weight excluding hydrogens is 442 g/mol. The van der Waals surface area contributed by atoms with Crippen LogP contribution >= 0.6 is 0 Å². The Balaban J connectivity index is 1.38. The highest BCUT2D eigenvalue weighted by Crippen LogP contribution is 2.19. The minimum atomic E-state index is -0.969. The van der Waals surface area contributed by atoms with Crippen molar-refractivity contribution in [2.24, 2.45) is 5.10 Å². The van der Waals surface area contributed by atoms with Gasteiger partial charge in [-0.2, -0.15) is 5.10 Å². The van der Waals surface area contributed by atoms with Crippen molar-refractivity contribution in [1.82, 2.24) is 9.99 Å². The van der Waals surface area contributed by atoms with Gasteiger partial charge < -0.3 is 14.4 Å². The Kier molecular flexibility index (Phi) is 7.07. The van der Waals surface area contributed by atoms with Gasteiger partial charge in [0, 0.05) is 28.2 Å². The molecule has 1 heterocycles. The van der Waals surface area contributed by atoms with Crippen LogP contribution in [0.4, 0.5) is 0 Å². The molecule has 0 aliphatic heterocycles. The molecule has 0 unspecified atom stereocenters. The molecular formula is C28H25N3O4. The average Bonchev–Trinajstić information content (AvgIpc) is 3.21. The van der Waals surface area contributed by atoms with E-state index in [9.17, 15) is 9.59 Å². The molecule has 4 aromatic rings. The number of hydrogen-bond donors (Lipinski definition) is 2. The number of carboxylic acid groups (broad SMARTS) is 1. The van der Waals surface area contributed by atoms with Gasteiger partial charge in [0.15, 0.2) is 0 Å². The molecule has 176 valence electrons. The molecule has 7 heteroatoms. The van der Waals surface area contributed by atoms with Crippen molar-refractivity contribution in [3.05, 3.63) is 119 Å². The molecule has 0 spiro atoms. The highest BCUT2D eigenvalue weighted by molar-refractivity contribution is 5.95. The van der Waals surface area contributed by atoms with Crippen molar-refractivity contribution in [3.63, 3.8) is 0 Å². The third-order valence-electron chi connectivity index (χ3n) is 5.54. The number of aromatic carboxylic acids is 1. The summed E-state index contributed by atoms with van der Waals surface area (Å²) in [4.78, 5) is 23.5. The predicted molar refractivity (Wildman–Crippen MR) is 134 cm³/mol. The molecule has 3 aromatic carbocycles. The van der Waals surface area contributed by atoms with E-state index < -0.39 is 5.97 Å². The molecule has 0 aliphatic rings. The third-order valence-corrected chi connectivity index (χ3v) is 5.54. The number of benzene rings is 3. The summed E-state index contributed by atoms with van der Waals surface area (Å²) in [6.45, 7) is 4.35. The molecule has 1 aromatic heterocycles. The smallest absolute Gasteiger partial charge is 0.335 e. The first-order chi connectivity index (χ1) is 16.9. The Bertz CT molecular complexity index is 1350. The lowest BCUT2D eigenvalue weighted by Gasteiger charge is -2.10. The van der Waals surface area contributed by atoms with Crippen molar-refractivity contribution in [2.45, 2.75) is 20.5 Å². The van der Waals surface area contributed by atoms with Crippen LogP contribution in [0.3, 0.4) is 0 Å². The summed E-state index contributed by atoms with van der Waals surface area (Å²) >= 11 is 0. The first-order valence-electron chi connectivity index (χ1n) is 11.1. The SMILES string of the molecule is Cc1ccc(C)n1-c1ccc(C(=O)N/N=C\c2ccccc2OCc2ccc(C(=O)O)cc2)cc1. The monoisotopic (exact) mass is 467 g/mol. The van der Waals surface area contributed by atoms with Crippen LogP contribution in [0.15, 0.2) is 90.0 Å². The summed E-state index contributed by atoms with van der Waals surface area (Å²) in [5.41, 5.74) is 8.06. The first-order valence-corrected chi connectivity index (χ1v) is 11.1. The number of hydrogen-bond acceptors (Lipinski definition) is 4. The first kappa shape index (κ1) is 23.5. The molecule has 0 bridgehead atoms. The fourth-order valence-electron chi connectivity index (χ4n) is 3.69. The molecule has 0 saturated carbocycles. The van der Waals surface area contributed by atoms with Crippen LogP contribution in [0.5, 0.6) is 5.75 Å². The molecule has 4 rings (SSSR count). The van der Waals surface area contributed by atoms with Gasteiger partial charge in [-0.1, -0.05) is 24.3 Å². The summed E-state index contributed by atoms with van der Waals surface area (Å²) in [5.74, 6) is -0.691. The fourth-order valence-corrected chi connectivity index (χ4v) is 3.69. The van der Waals surface area contributed by atoms with Gasteiger partial charge in [0.25, 0.3) is 5.91 Å². The van der Waals surface area contributed by atoms with E-state index in [1.54, 1.807) is 30.3 Å². The van der Waals surface area contributed by atoms with Crippen LogP contribution in [-0.2, 0) is 6.61 Å². The zero-order chi connectivity index (χ0) is 24.8. The Morgan fingerprint density at radius 1 is 0.886 bits per heavy atom. The van der Waals surface area contributed by atoms with E-state index in [1.165, 1.54) is 18.3 Å². The van der Waals surface area contributed by atoms with E-state index in [0.717, 1.165) is 22.6 Å². The van der Waals surface area contributed by atoms with E-state index in [-0.39, 0.29) is 18.1 Å². The normalized spacial score (nSPS) is 10.9. The van der Waals surface area contributed by atoms with Crippen molar-refractivity contribution in [1.29, 1.82) is 0 Å². The van der Waals surface area contributed by atoms with Crippen molar-refractivity contribution in [2.75, 3.05) is 0 Å². The molecule has 0 atom stereocenters. The fraction of sp³-hybridized carbons (Fsp3) is 0.107. The number of aromatic nitrogens is 1.